The van der Waals surface area contributed by atoms with E-state index >= 15 is 0 Å². The summed E-state index contributed by atoms with van der Waals surface area (Å²) in [5.74, 6) is 0.294. The number of allylic oxidation sites excluding steroid dienone is 1. The van der Waals surface area contributed by atoms with Gasteiger partial charge in [-0.15, -0.1) is 0 Å². The van der Waals surface area contributed by atoms with Crippen molar-refractivity contribution in [1.29, 1.82) is 0 Å². The fourth-order valence-electron chi connectivity index (χ4n) is 4.98. The molecule has 0 spiro atoms. The van der Waals surface area contributed by atoms with E-state index in [2.05, 4.69) is 26.6 Å². The number of aromatic hydroxyl groups is 1. The summed E-state index contributed by atoms with van der Waals surface area (Å²) in [4.78, 5) is 14.0. The molecular formula is C25H33BrN4O3. The van der Waals surface area contributed by atoms with Crippen LogP contribution in [0, 0.1) is 0 Å². The van der Waals surface area contributed by atoms with E-state index in [1.807, 2.05) is 25.3 Å². The van der Waals surface area contributed by atoms with E-state index in [1.165, 1.54) is 22.3 Å². The van der Waals surface area contributed by atoms with Crippen molar-refractivity contribution in [1.82, 2.24) is 15.5 Å². The van der Waals surface area contributed by atoms with Crippen LogP contribution in [-0.4, -0.2) is 54.9 Å². The number of halogens is 1. The maximum atomic E-state index is 12.2. The number of ether oxygens (including phenoxy) is 1. The molecule has 1 unspecified atom stereocenters. The first-order valence-corrected chi connectivity index (χ1v) is 12.6. The van der Waals surface area contributed by atoms with Gasteiger partial charge in [0, 0.05) is 25.8 Å². The molecule has 1 amide bonds. The third-order valence-electron chi connectivity index (χ3n) is 6.57. The van der Waals surface area contributed by atoms with Gasteiger partial charge in [-0.1, -0.05) is 11.6 Å². The summed E-state index contributed by atoms with van der Waals surface area (Å²) in [6, 6.07) is 5.76. The van der Waals surface area contributed by atoms with Crippen molar-refractivity contribution in [2.24, 2.45) is 5.73 Å². The predicted octanol–water partition coefficient (Wildman–Crippen LogP) is 3.74. The van der Waals surface area contributed by atoms with Gasteiger partial charge in [-0.25, -0.2) is 4.79 Å². The van der Waals surface area contributed by atoms with Crippen LogP contribution in [0.3, 0.4) is 0 Å². The van der Waals surface area contributed by atoms with Gasteiger partial charge in [-0.05, 0) is 95.9 Å². The molecule has 1 aliphatic carbocycles. The lowest BCUT2D eigenvalue weighted by Crippen LogP contribution is -2.39. The number of aryl methyl sites for hydroxylation is 1. The molecule has 4 rings (SSSR count). The van der Waals surface area contributed by atoms with E-state index in [1.54, 1.807) is 11.0 Å². The van der Waals surface area contributed by atoms with Crippen LogP contribution in [0.2, 0.25) is 0 Å². The Balaban J connectivity index is 1.73. The van der Waals surface area contributed by atoms with Crippen molar-refractivity contribution >= 4 is 27.6 Å². The normalized spacial score (nSPS) is 20.4. The topological polar surface area (TPSA) is 99.8 Å². The largest absolute Gasteiger partial charge is 0.508 e. The monoisotopic (exact) mass is 516 g/mol. The molecule has 2 heterocycles. The fraction of sp³-hybridized carbons (Fsp3) is 0.480. The molecule has 0 aromatic heterocycles. The van der Waals surface area contributed by atoms with E-state index in [0.29, 0.717) is 32.0 Å². The zero-order valence-electron chi connectivity index (χ0n) is 19.1. The van der Waals surface area contributed by atoms with Gasteiger partial charge >= 0.3 is 6.09 Å². The molecule has 1 aromatic carbocycles. The zero-order chi connectivity index (χ0) is 23.4. The van der Waals surface area contributed by atoms with Crippen LogP contribution in [0.1, 0.15) is 43.7 Å². The number of dihydropyridines is 1. The van der Waals surface area contributed by atoms with Gasteiger partial charge in [0.25, 0.3) is 0 Å². The van der Waals surface area contributed by atoms with Gasteiger partial charge in [0.05, 0.1) is 22.8 Å². The van der Waals surface area contributed by atoms with Crippen molar-refractivity contribution in [2.45, 2.75) is 45.1 Å². The quantitative estimate of drug-likeness (QED) is 0.444. The minimum Gasteiger partial charge on any atom is -0.508 e. The van der Waals surface area contributed by atoms with Gasteiger partial charge in [0.1, 0.15) is 5.75 Å². The highest BCUT2D eigenvalue weighted by Gasteiger charge is 2.34. The van der Waals surface area contributed by atoms with Crippen LogP contribution >= 0.6 is 15.9 Å². The second kappa shape index (κ2) is 10.7. The van der Waals surface area contributed by atoms with Gasteiger partial charge in [0.15, 0.2) is 0 Å². The van der Waals surface area contributed by atoms with Gasteiger partial charge in [-0.2, -0.15) is 0 Å². The number of phenols is 1. The van der Waals surface area contributed by atoms with Gasteiger partial charge in [-0.3, -0.25) is 0 Å². The van der Waals surface area contributed by atoms with Crippen LogP contribution in [0.15, 0.2) is 45.7 Å². The van der Waals surface area contributed by atoms with Crippen LogP contribution in [0.4, 0.5) is 4.79 Å². The number of hydrogen-bond donors (Lipinski definition) is 4. The molecule has 33 heavy (non-hydrogen) atoms. The van der Waals surface area contributed by atoms with Crippen LogP contribution in [0.5, 0.6) is 5.75 Å². The highest BCUT2D eigenvalue weighted by Crippen LogP contribution is 2.42. The number of nitrogens with zero attached hydrogens (tertiary/aromatic N) is 1. The molecule has 7 nitrogen and oxygen atoms in total. The molecule has 1 aromatic rings. The standard InChI is InChI=1S/C25H33BrN4O3/c1-2-33-25(32)30-12-8-16(9-13-30)22-19-7-5-18(31)14-17(19)4-6-20-23(28-11-3-10-27)21(26)15-29-24(20)22/h5,7,14-15,24,28-29,31H,2-4,6,8-13,27H2,1H3. The number of carbonyl (C=O) groups is 1. The van der Waals surface area contributed by atoms with E-state index < -0.39 is 0 Å². The van der Waals surface area contributed by atoms with E-state index in [-0.39, 0.29) is 12.1 Å². The molecule has 5 N–H and O–H groups in total. The Bertz CT molecular complexity index is 991. The Morgan fingerprint density at radius 2 is 2.09 bits per heavy atom. The smallest absolute Gasteiger partial charge is 0.409 e. The molecule has 0 bridgehead atoms. The minimum absolute atomic E-state index is 0.0432. The number of fused-ring (bicyclic) bond motifs is 2. The molecule has 1 atom stereocenters. The Labute approximate surface area is 203 Å². The number of piperidine rings is 1. The predicted molar refractivity (Wildman–Crippen MR) is 134 cm³/mol. The number of nitrogens with one attached hydrogen (secondary N) is 2. The molecule has 0 radical (unpaired) electrons. The number of amides is 1. The van der Waals surface area contributed by atoms with E-state index in [9.17, 15) is 9.90 Å². The maximum absolute atomic E-state index is 12.2. The minimum atomic E-state index is -0.234. The summed E-state index contributed by atoms with van der Waals surface area (Å²) in [5.41, 5.74) is 13.1. The fourth-order valence-corrected chi connectivity index (χ4v) is 5.51. The number of phenolic OH excluding ortho intramolecular Hbond substituents is 1. The van der Waals surface area contributed by atoms with E-state index in [4.69, 9.17) is 10.5 Å². The highest BCUT2D eigenvalue weighted by atomic mass is 79.9. The lowest BCUT2D eigenvalue weighted by molar-refractivity contribution is 0.104. The third-order valence-corrected chi connectivity index (χ3v) is 7.20. The lowest BCUT2D eigenvalue weighted by Gasteiger charge is -2.34. The van der Waals surface area contributed by atoms with Crippen molar-refractivity contribution in [3.8, 4) is 5.75 Å². The number of benzene rings is 1. The second-order valence-electron chi connectivity index (χ2n) is 8.61. The van der Waals surface area contributed by atoms with Gasteiger partial charge < -0.3 is 31.1 Å². The maximum Gasteiger partial charge on any atom is 0.409 e. The summed E-state index contributed by atoms with van der Waals surface area (Å²) in [5, 5.41) is 17.4. The molecule has 0 saturated carbocycles. The molecule has 2 aliphatic heterocycles. The SMILES string of the molecule is CCOC(=O)N1CCC(=C2c3ccc(O)cc3CCC3=C(NCCCN)C(Br)=CNC32)CC1. The van der Waals surface area contributed by atoms with E-state index in [0.717, 1.165) is 54.4 Å². The van der Waals surface area contributed by atoms with Gasteiger partial charge in [0.2, 0.25) is 0 Å². The molecule has 178 valence electrons. The third kappa shape index (κ3) is 5.06. The number of hydrogen-bond acceptors (Lipinski definition) is 6. The average molecular weight is 517 g/mol. The lowest BCUT2D eigenvalue weighted by atomic mass is 9.84. The number of likely N-dealkylation sites (tertiary alicyclic amines) is 1. The molecule has 3 aliphatic rings. The van der Waals surface area contributed by atoms with Crippen LogP contribution in [-0.2, 0) is 11.2 Å². The van der Waals surface area contributed by atoms with Crippen molar-refractivity contribution in [3.05, 3.63) is 56.9 Å². The summed E-state index contributed by atoms with van der Waals surface area (Å²) in [6.45, 7) is 4.99. The Morgan fingerprint density at radius 3 is 2.82 bits per heavy atom. The molecule has 1 fully saturated rings. The zero-order valence-corrected chi connectivity index (χ0v) is 20.7. The summed E-state index contributed by atoms with van der Waals surface area (Å²) < 4.78 is 6.22. The Morgan fingerprint density at radius 1 is 1.30 bits per heavy atom. The second-order valence-corrected chi connectivity index (χ2v) is 9.46. The summed E-state index contributed by atoms with van der Waals surface area (Å²) in [6.07, 6.45) is 6.04. The number of rotatable bonds is 5. The number of carbonyl (C=O) groups excluding carboxylic acids is 1. The van der Waals surface area contributed by atoms with Crippen LogP contribution < -0.4 is 16.4 Å². The van der Waals surface area contributed by atoms with Crippen molar-refractivity contribution in [3.63, 3.8) is 0 Å². The summed E-state index contributed by atoms with van der Waals surface area (Å²) >= 11 is 3.73. The van der Waals surface area contributed by atoms with Crippen molar-refractivity contribution in [2.75, 3.05) is 32.8 Å². The number of nitrogens with two attached hydrogens (primary N) is 1. The average Bonchev–Trinajstić information content (AvgIpc) is 2.97. The molecule has 8 heteroatoms. The van der Waals surface area contributed by atoms with Crippen molar-refractivity contribution < 1.29 is 14.6 Å². The first-order valence-electron chi connectivity index (χ1n) is 11.8. The molecular weight excluding hydrogens is 484 g/mol. The molecule has 1 saturated heterocycles. The Kier molecular flexibility index (Phi) is 7.65. The first-order chi connectivity index (χ1) is 16.0. The van der Waals surface area contributed by atoms with Crippen LogP contribution in [0.25, 0.3) is 5.57 Å². The highest BCUT2D eigenvalue weighted by molar-refractivity contribution is 9.12. The summed E-state index contributed by atoms with van der Waals surface area (Å²) in [7, 11) is 0. The Hall–Kier alpha value is -2.45. The first kappa shape index (κ1) is 23.7.